The van der Waals surface area contributed by atoms with Crippen molar-refractivity contribution in [3.05, 3.63) is 168 Å². The van der Waals surface area contributed by atoms with Crippen molar-refractivity contribution in [1.29, 1.82) is 0 Å². The molecule has 0 saturated carbocycles. The normalized spacial score (nSPS) is 12.9. The lowest BCUT2D eigenvalue weighted by molar-refractivity contribution is 0.795. The van der Waals surface area contributed by atoms with Crippen LogP contribution in [0.4, 0.5) is 0 Å². The molecule has 9 rings (SSSR count). The number of aromatic nitrogens is 4. The molecule has 5 nitrogen and oxygen atoms in total. The van der Waals surface area contributed by atoms with E-state index in [0.29, 0.717) is 11.5 Å². The number of rotatable bonds is 5. The van der Waals surface area contributed by atoms with E-state index in [4.69, 9.17) is 16.8 Å². The van der Waals surface area contributed by atoms with Crippen LogP contribution in [0.1, 0.15) is 6.85 Å². The first-order valence-corrected chi connectivity index (χ1v) is 16.3. The van der Waals surface area contributed by atoms with Crippen molar-refractivity contribution in [1.82, 2.24) is 19.1 Å². The summed E-state index contributed by atoms with van der Waals surface area (Å²) in [6.45, 7) is 0. The molecule has 0 radical (unpaired) electrons. The molecule has 50 heavy (non-hydrogen) atoms. The van der Waals surface area contributed by atoms with E-state index in [1.807, 2.05) is 48.5 Å². The van der Waals surface area contributed by atoms with Crippen molar-refractivity contribution < 1.29 is 6.85 Å². The zero-order valence-corrected chi connectivity index (χ0v) is 27.3. The van der Waals surface area contributed by atoms with E-state index in [2.05, 4.69) is 72.8 Å². The van der Waals surface area contributed by atoms with Gasteiger partial charge in [0, 0.05) is 30.8 Å². The fourth-order valence-electron chi connectivity index (χ4n) is 7.04. The lowest BCUT2D eigenvalue weighted by atomic mass is 9.85. The first-order valence-electron chi connectivity index (χ1n) is 18.8. The third kappa shape index (κ3) is 4.82. The molecule has 9 aromatic rings. The van der Waals surface area contributed by atoms with Gasteiger partial charge in [0.25, 0.3) is 0 Å². The molecule has 0 aliphatic heterocycles. The van der Waals surface area contributed by atoms with E-state index in [9.17, 15) is 4.79 Å². The highest BCUT2D eigenvalue weighted by atomic mass is 16.1. The van der Waals surface area contributed by atoms with Crippen LogP contribution in [0.25, 0.3) is 88.7 Å². The molecule has 0 bridgehead atoms. The first kappa shape index (κ1) is 24.5. The summed E-state index contributed by atoms with van der Waals surface area (Å²) in [5.41, 5.74) is 8.23. The van der Waals surface area contributed by atoms with Crippen molar-refractivity contribution >= 4 is 32.6 Å². The number of hydrogen-bond donors (Lipinski definition) is 0. The molecule has 0 fully saturated rings. The summed E-state index contributed by atoms with van der Waals surface area (Å²) in [5, 5.41) is 4.35. The molecule has 0 aliphatic rings. The minimum atomic E-state index is -0.454. The summed E-state index contributed by atoms with van der Waals surface area (Å²) in [5.74, 6) is 0.380. The lowest BCUT2D eigenvalue weighted by Gasteiger charge is -2.18. The number of aryl methyl sites for hydroxylation is 2. The van der Waals surface area contributed by atoms with Crippen LogP contribution in [0, 0.1) is 0 Å². The number of fused-ring (bicyclic) bond motifs is 3. The van der Waals surface area contributed by atoms with E-state index in [1.165, 1.54) is 0 Å². The highest BCUT2D eigenvalue weighted by molar-refractivity contribution is 6.21. The molecule has 2 aromatic heterocycles. The number of nitrogens with zero attached hydrogens (tertiary/aromatic N) is 4. The van der Waals surface area contributed by atoms with Gasteiger partial charge in [0.15, 0.2) is 5.82 Å². The predicted octanol–water partition coefficient (Wildman–Crippen LogP) is 10.3. The Bertz CT molecular complexity index is 3000. The molecular formula is C45H32N4O. The maximum Gasteiger partial charge on any atom is 0.328 e. The molecule has 0 spiro atoms. The average molecular weight is 650 g/mol. The van der Waals surface area contributed by atoms with Crippen molar-refractivity contribution in [2.75, 3.05) is 0 Å². The maximum atomic E-state index is 12.8. The molecule has 5 heteroatoms. The molecule has 238 valence electrons. The molecule has 0 unspecified atom stereocenters. The van der Waals surface area contributed by atoms with Crippen molar-refractivity contribution in [2.45, 2.75) is 0 Å². The van der Waals surface area contributed by atoms with E-state index in [0.717, 1.165) is 66.0 Å². The average Bonchev–Trinajstić information content (AvgIpc) is 3.44. The Morgan fingerprint density at radius 3 is 1.60 bits per heavy atom. The number of benzene rings is 7. The predicted molar refractivity (Wildman–Crippen MR) is 206 cm³/mol. The highest BCUT2D eigenvalue weighted by Gasteiger charge is 2.18. The molecule has 0 amide bonds. The fraction of sp³-hybridized carbons (Fsp3) is 0.0444. The van der Waals surface area contributed by atoms with Crippen LogP contribution in [0.15, 0.2) is 162 Å². The Morgan fingerprint density at radius 1 is 0.480 bits per heavy atom. The van der Waals surface area contributed by atoms with Gasteiger partial charge in [-0.25, -0.2) is 14.8 Å². The van der Waals surface area contributed by atoms with Gasteiger partial charge in [-0.1, -0.05) is 139 Å². The summed E-state index contributed by atoms with van der Waals surface area (Å²) in [6.07, 6.45) is 0. The highest BCUT2D eigenvalue weighted by Crippen LogP contribution is 2.44. The third-order valence-electron chi connectivity index (χ3n) is 9.48. The van der Waals surface area contributed by atoms with E-state index in [-0.39, 0.29) is 29.0 Å². The molecule has 0 N–H and O–H groups in total. The van der Waals surface area contributed by atoms with Crippen LogP contribution in [0.5, 0.6) is 0 Å². The topological polar surface area (TPSA) is 52.7 Å². The second-order valence-corrected chi connectivity index (χ2v) is 12.4. The van der Waals surface area contributed by atoms with Crippen LogP contribution in [0.3, 0.4) is 0 Å². The molecule has 2 heterocycles. The minimum absolute atomic E-state index is 0.0233. The second-order valence-electron chi connectivity index (χ2n) is 12.4. The van der Waals surface area contributed by atoms with Gasteiger partial charge in [-0.15, -0.1) is 0 Å². The Morgan fingerprint density at radius 2 is 0.980 bits per heavy atom. The monoisotopic (exact) mass is 649 g/mol. The van der Waals surface area contributed by atoms with Crippen molar-refractivity contribution in [2.24, 2.45) is 14.1 Å². The summed E-state index contributed by atoms with van der Waals surface area (Å²) in [6, 6.07) is 40.3. The quantitative estimate of drug-likeness (QED) is 0.174. The van der Waals surface area contributed by atoms with Gasteiger partial charge >= 0.3 is 5.69 Å². The molecule has 0 aliphatic carbocycles. The van der Waals surface area contributed by atoms with Gasteiger partial charge < -0.3 is 0 Å². The first-order chi connectivity index (χ1) is 26.6. The van der Waals surface area contributed by atoms with Gasteiger partial charge in [0.05, 0.1) is 29.3 Å². The van der Waals surface area contributed by atoms with E-state index >= 15 is 0 Å². The Kier molecular flexibility index (Phi) is 5.80. The van der Waals surface area contributed by atoms with Gasteiger partial charge in [0.1, 0.15) is 0 Å². The van der Waals surface area contributed by atoms with Crippen LogP contribution in [-0.2, 0) is 14.1 Å². The standard InChI is InChI=1S/C45H32N4O/c1-48-40-26-25-33(27-41(40)49(2)45(48)50)43-36-19-11-9-17-34(36)42(35-18-10-12-20-37(35)43)31-23-21-30(22-24-31)39-28-38(29-13-5-3-6-14-29)46-44(47-39)32-15-7-4-8-16-32/h3-28H,1-2H3/i3D,5D,6D,13D,14D. The van der Waals surface area contributed by atoms with Crippen molar-refractivity contribution in [3.63, 3.8) is 0 Å². The SMILES string of the molecule is [2H]c1c([2H])c([2H])c(-c2cc(-c3ccc(-c4c5ccccc5c(-c5ccc6c(c5)n(C)c(=O)n6C)c5ccccc45)cc3)nc(-c3ccccc3)n2)c([2H])c1[2H]. The van der Waals surface area contributed by atoms with Gasteiger partial charge in [-0.05, 0) is 62.0 Å². The molecule has 0 saturated heterocycles. The largest absolute Gasteiger partial charge is 0.328 e. The smallest absolute Gasteiger partial charge is 0.295 e. The summed E-state index contributed by atoms with van der Waals surface area (Å²) >= 11 is 0. The zero-order valence-electron chi connectivity index (χ0n) is 32.3. The fourth-order valence-corrected chi connectivity index (χ4v) is 7.04. The number of hydrogen-bond acceptors (Lipinski definition) is 3. The van der Waals surface area contributed by atoms with Gasteiger partial charge in [-0.3, -0.25) is 9.13 Å². The Balaban J connectivity index is 1.22. The van der Waals surface area contributed by atoms with Crippen LogP contribution < -0.4 is 5.69 Å². The van der Waals surface area contributed by atoms with E-state index < -0.39 is 18.1 Å². The van der Waals surface area contributed by atoms with Crippen LogP contribution in [-0.4, -0.2) is 19.1 Å². The van der Waals surface area contributed by atoms with E-state index in [1.54, 1.807) is 29.3 Å². The van der Waals surface area contributed by atoms with Crippen LogP contribution >= 0.6 is 0 Å². The molecule has 0 atom stereocenters. The Hall–Kier alpha value is -6.59. The third-order valence-corrected chi connectivity index (χ3v) is 9.48. The molecule has 7 aromatic carbocycles. The maximum absolute atomic E-state index is 12.8. The van der Waals surface area contributed by atoms with Crippen LogP contribution in [0.2, 0.25) is 0 Å². The lowest BCUT2D eigenvalue weighted by Crippen LogP contribution is -2.19. The minimum Gasteiger partial charge on any atom is -0.295 e. The second kappa shape index (κ2) is 11.8. The summed E-state index contributed by atoms with van der Waals surface area (Å²) < 4.78 is 45.3. The molecular weight excluding hydrogens is 613 g/mol. The Labute approximate surface area is 296 Å². The number of imidazole rings is 1. The van der Waals surface area contributed by atoms with Gasteiger partial charge in [0.2, 0.25) is 0 Å². The zero-order chi connectivity index (χ0) is 38.1. The van der Waals surface area contributed by atoms with Crippen molar-refractivity contribution in [3.8, 4) is 56.2 Å². The summed E-state index contributed by atoms with van der Waals surface area (Å²) in [4.78, 5) is 22.4. The van der Waals surface area contributed by atoms with Gasteiger partial charge in [-0.2, -0.15) is 0 Å². The summed E-state index contributed by atoms with van der Waals surface area (Å²) in [7, 11) is 3.60.